The van der Waals surface area contributed by atoms with Gasteiger partial charge in [0.1, 0.15) is 0 Å². The van der Waals surface area contributed by atoms with Crippen molar-refractivity contribution in [3.8, 4) is 0 Å². The zero-order valence-electron chi connectivity index (χ0n) is 19.0. The molecule has 2 aromatic carbocycles. The molecule has 0 aliphatic rings. The fourth-order valence-electron chi connectivity index (χ4n) is 3.86. The molecule has 0 nitrogen and oxygen atoms in total. The molecule has 2 rings (SSSR count). The lowest BCUT2D eigenvalue weighted by atomic mass is 9.99. The first-order valence-corrected chi connectivity index (χ1v) is 11.7. The predicted molar refractivity (Wildman–Crippen MR) is 104 cm³/mol. The maximum Gasteiger partial charge on any atom is 0.417 e. The van der Waals surface area contributed by atoms with Gasteiger partial charge in [0.05, 0.1) is 33.4 Å². The van der Waals surface area contributed by atoms with Crippen molar-refractivity contribution in [1.29, 1.82) is 0 Å². The van der Waals surface area contributed by atoms with E-state index in [2.05, 4.69) is 0 Å². The molecule has 0 radical (unpaired) electrons. The molecule has 0 saturated carbocycles. The zero-order valence-corrected chi connectivity index (χ0v) is 19.9. The molecule has 0 fully saturated rings. The summed E-state index contributed by atoms with van der Waals surface area (Å²) in [5.41, 5.74) is -18.7. The highest BCUT2D eigenvalue weighted by molar-refractivity contribution is 7.73. The summed E-state index contributed by atoms with van der Waals surface area (Å²) in [6.45, 7) is 1.01. The van der Waals surface area contributed by atoms with E-state index in [0.717, 1.165) is 6.92 Å². The van der Waals surface area contributed by atoms with E-state index >= 15 is 0 Å². The Bertz CT molecular complexity index is 1130. The van der Waals surface area contributed by atoms with E-state index in [-0.39, 0.29) is 12.1 Å². The molecule has 0 bridgehead atoms. The van der Waals surface area contributed by atoms with Crippen LogP contribution in [0.25, 0.3) is 0 Å². The van der Waals surface area contributed by atoms with Gasteiger partial charge in [-0.25, -0.2) is 0 Å². The number of hydrogen-bond acceptors (Lipinski definition) is 0. The Morgan fingerprint density at radius 2 is 0.700 bits per heavy atom. The van der Waals surface area contributed by atoms with Crippen molar-refractivity contribution >= 4 is 18.5 Å². The van der Waals surface area contributed by atoms with E-state index in [4.69, 9.17) is 0 Å². The van der Waals surface area contributed by atoms with Crippen LogP contribution < -0.4 is 10.6 Å². The standard InChI is InChI=1S/C21H11F18P/c1-2-7-40(10-5-3-8(16(22,23)24)12(18(28,29)30)14(10)20(34,35)36)11-6-4-9(17(25,26)27)13(19(31,32)33)15(11)21(37,38)39/h3-6H,2,7H2,1H3. The van der Waals surface area contributed by atoms with Gasteiger partial charge in [0.2, 0.25) is 0 Å². The Morgan fingerprint density at radius 3 is 0.900 bits per heavy atom. The number of halogens is 18. The van der Waals surface area contributed by atoms with Crippen LogP contribution in [0.5, 0.6) is 0 Å². The van der Waals surface area contributed by atoms with Gasteiger partial charge >= 0.3 is 37.1 Å². The van der Waals surface area contributed by atoms with Crippen molar-refractivity contribution in [2.24, 2.45) is 0 Å². The highest BCUT2D eigenvalue weighted by Gasteiger charge is 2.54. The molecule has 2 aromatic rings. The van der Waals surface area contributed by atoms with Gasteiger partial charge in [-0.3, -0.25) is 0 Å². The van der Waals surface area contributed by atoms with Crippen LogP contribution >= 0.6 is 7.92 Å². The van der Waals surface area contributed by atoms with Crippen LogP contribution in [0, 0.1) is 0 Å². The second-order valence-electron chi connectivity index (χ2n) is 7.90. The van der Waals surface area contributed by atoms with Gasteiger partial charge < -0.3 is 0 Å². The molecule has 0 amide bonds. The second kappa shape index (κ2) is 10.5. The summed E-state index contributed by atoms with van der Waals surface area (Å²) in [6.07, 6.45) is -39.3. The molecule has 0 heterocycles. The predicted octanol–water partition coefficient (Wildman–Crippen LogP) is 9.64. The maximum atomic E-state index is 13.9. The number of alkyl halides is 18. The lowest BCUT2D eigenvalue weighted by Gasteiger charge is -2.30. The van der Waals surface area contributed by atoms with Crippen LogP contribution in [0.1, 0.15) is 46.7 Å². The van der Waals surface area contributed by atoms with Gasteiger partial charge in [-0.2, -0.15) is 79.0 Å². The lowest BCUT2D eigenvalue weighted by molar-refractivity contribution is -0.174. The first-order chi connectivity index (χ1) is 17.6. The normalized spacial score (nSPS) is 14.3. The zero-order chi connectivity index (χ0) is 31.4. The topological polar surface area (TPSA) is 0 Å². The molecule has 0 saturated heterocycles. The van der Waals surface area contributed by atoms with Gasteiger partial charge in [0.15, 0.2) is 0 Å². The number of hydrogen-bond donors (Lipinski definition) is 0. The molecule has 0 aliphatic heterocycles. The molecular weight excluding hydrogens is 625 g/mol. The van der Waals surface area contributed by atoms with Crippen LogP contribution in [-0.4, -0.2) is 6.16 Å². The number of benzene rings is 2. The highest BCUT2D eigenvalue weighted by atomic mass is 31.1. The molecule has 226 valence electrons. The minimum atomic E-state index is -6.43. The molecule has 0 unspecified atom stereocenters. The van der Waals surface area contributed by atoms with Crippen molar-refractivity contribution in [2.45, 2.75) is 50.4 Å². The van der Waals surface area contributed by atoms with Crippen molar-refractivity contribution in [2.75, 3.05) is 6.16 Å². The molecular formula is C21H11F18P. The summed E-state index contributed by atoms with van der Waals surface area (Å²) >= 11 is 0. The molecule has 0 atom stereocenters. The summed E-state index contributed by atoms with van der Waals surface area (Å²) < 4.78 is 245. The summed E-state index contributed by atoms with van der Waals surface area (Å²) in [4.78, 5) is 0. The van der Waals surface area contributed by atoms with E-state index in [9.17, 15) is 79.0 Å². The van der Waals surface area contributed by atoms with Gasteiger partial charge in [-0.15, -0.1) is 0 Å². The summed E-state index contributed by atoms with van der Waals surface area (Å²) in [6, 6.07) is -1.57. The van der Waals surface area contributed by atoms with Crippen molar-refractivity contribution < 1.29 is 79.0 Å². The van der Waals surface area contributed by atoms with Gasteiger partial charge in [-0.1, -0.05) is 25.5 Å². The SMILES string of the molecule is CCCP(c1ccc(C(F)(F)F)c(C(F)(F)F)c1C(F)(F)F)c1ccc(C(F)(F)F)c(C(F)(F)F)c1C(F)(F)F. The molecule has 0 aliphatic carbocycles. The van der Waals surface area contributed by atoms with Crippen LogP contribution in [0.4, 0.5) is 79.0 Å². The summed E-state index contributed by atoms with van der Waals surface area (Å²) in [5, 5.41) is -3.77. The second-order valence-corrected chi connectivity index (χ2v) is 10.2. The monoisotopic (exact) mass is 636 g/mol. The van der Waals surface area contributed by atoms with Crippen molar-refractivity contribution in [3.05, 3.63) is 57.6 Å². The Kier molecular flexibility index (Phi) is 8.85. The number of rotatable bonds is 4. The Balaban J connectivity index is 3.25. The van der Waals surface area contributed by atoms with Crippen molar-refractivity contribution in [3.63, 3.8) is 0 Å². The quantitative estimate of drug-likeness (QED) is 0.232. The average molecular weight is 636 g/mol. The van der Waals surface area contributed by atoms with E-state index in [0.29, 0.717) is 0 Å². The molecule has 0 spiro atoms. The Morgan fingerprint density at radius 1 is 0.425 bits per heavy atom. The fraction of sp³-hybridized carbons (Fsp3) is 0.429. The Hall–Kier alpha value is -2.39. The first-order valence-electron chi connectivity index (χ1n) is 10.2. The average Bonchev–Trinajstić information content (AvgIpc) is 2.71. The molecule has 0 aromatic heterocycles. The lowest BCUT2D eigenvalue weighted by Crippen LogP contribution is -2.34. The van der Waals surface area contributed by atoms with E-state index < -0.39 is 114 Å². The Labute approximate surface area is 212 Å². The third kappa shape index (κ3) is 6.90. The van der Waals surface area contributed by atoms with E-state index in [1.54, 1.807) is 0 Å². The van der Waals surface area contributed by atoms with Crippen LogP contribution in [0.15, 0.2) is 24.3 Å². The molecule has 0 N–H and O–H groups in total. The minimum Gasteiger partial charge on any atom is -0.166 e. The van der Waals surface area contributed by atoms with Crippen LogP contribution in [0.2, 0.25) is 0 Å². The smallest absolute Gasteiger partial charge is 0.166 e. The summed E-state index contributed by atoms with van der Waals surface area (Å²) in [5.74, 6) is 0. The van der Waals surface area contributed by atoms with Crippen LogP contribution in [-0.2, 0) is 37.1 Å². The fourth-order valence-corrected chi connectivity index (χ4v) is 6.58. The van der Waals surface area contributed by atoms with Crippen molar-refractivity contribution in [1.82, 2.24) is 0 Å². The third-order valence-corrected chi connectivity index (χ3v) is 7.94. The van der Waals surface area contributed by atoms with E-state index in [1.165, 1.54) is 0 Å². The maximum absolute atomic E-state index is 13.9. The highest BCUT2D eigenvalue weighted by Crippen LogP contribution is 2.53. The van der Waals surface area contributed by atoms with Gasteiger partial charge in [0, 0.05) is 0 Å². The molecule has 40 heavy (non-hydrogen) atoms. The van der Waals surface area contributed by atoms with Gasteiger partial charge in [0.25, 0.3) is 0 Å². The minimum absolute atomic E-state index is 0.257. The van der Waals surface area contributed by atoms with Crippen LogP contribution in [0.3, 0.4) is 0 Å². The van der Waals surface area contributed by atoms with Gasteiger partial charge in [-0.05, 0) is 36.8 Å². The largest absolute Gasteiger partial charge is 0.417 e. The third-order valence-electron chi connectivity index (χ3n) is 5.14. The molecule has 19 heteroatoms. The first kappa shape index (κ1) is 33.8. The summed E-state index contributed by atoms with van der Waals surface area (Å²) in [7, 11) is -3.72. The van der Waals surface area contributed by atoms with E-state index in [1.807, 2.05) is 0 Å².